The van der Waals surface area contributed by atoms with Gasteiger partial charge in [0.15, 0.2) is 0 Å². The van der Waals surface area contributed by atoms with Crippen LogP contribution in [0.2, 0.25) is 5.02 Å². The quantitative estimate of drug-likeness (QED) is 0.879. The first-order valence-electron chi connectivity index (χ1n) is 6.86. The average Bonchev–Trinajstić information content (AvgIpc) is 2.43. The topological polar surface area (TPSA) is 41.1 Å². The second-order valence-corrected chi connectivity index (χ2v) is 5.60. The van der Waals surface area contributed by atoms with E-state index in [4.69, 9.17) is 11.6 Å². The van der Waals surface area contributed by atoms with Gasteiger partial charge in [-0.05, 0) is 56.2 Å². The Balaban J connectivity index is 2.00. The predicted molar refractivity (Wildman–Crippen MR) is 89.1 cm³/mol. The molecule has 21 heavy (non-hydrogen) atoms. The fraction of sp³-hybridized carbons (Fsp3) is 0.235. The van der Waals surface area contributed by atoms with Crippen molar-refractivity contribution >= 4 is 28.9 Å². The van der Waals surface area contributed by atoms with E-state index in [2.05, 4.69) is 10.6 Å². The highest BCUT2D eigenvalue weighted by Gasteiger charge is 2.13. The molecule has 0 aliphatic carbocycles. The number of carbonyl (C=O) groups is 1. The lowest BCUT2D eigenvalue weighted by molar-refractivity contribution is -0.116. The molecule has 0 bridgehead atoms. The van der Waals surface area contributed by atoms with Gasteiger partial charge < -0.3 is 10.6 Å². The molecule has 2 rings (SSSR count). The standard InChI is InChI=1S/C17H19ClN2O/c1-11-5-4-6-14(9-11)20-17(21)13(3)19-15-8-7-12(2)16(18)10-15/h4-10,13,19H,1-3H3,(H,20,21). The molecule has 2 N–H and O–H groups in total. The number of nitrogens with one attached hydrogen (secondary N) is 2. The van der Waals surface area contributed by atoms with Gasteiger partial charge in [0.1, 0.15) is 6.04 Å². The van der Waals surface area contributed by atoms with Crippen molar-refractivity contribution in [2.45, 2.75) is 26.8 Å². The summed E-state index contributed by atoms with van der Waals surface area (Å²) in [7, 11) is 0. The highest BCUT2D eigenvalue weighted by Crippen LogP contribution is 2.20. The Morgan fingerprint density at radius 3 is 2.52 bits per heavy atom. The molecule has 0 saturated heterocycles. The summed E-state index contributed by atoms with van der Waals surface area (Å²) in [6.45, 7) is 5.75. The average molecular weight is 303 g/mol. The van der Waals surface area contributed by atoms with E-state index in [1.807, 2.05) is 63.2 Å². The Labute approximate surface area is 130 Å². The molecule has 0 radical (unpaired) electrons. The first-order chi connectivity index (χ1) is 9.95. The zero-order valence-corrected chi connectivity index (χ0v) is 13.2. The Hall–Kier alpha value is -2.00. The lowest BCUT2D eigenvalue weighted by Crippen LogP contribution is -2.31. The highest BCUT2D eigenvalue weighted by molar-refractivity contribution is 6.31. The summed E-state index contributed by atoms with van der Waals surface area (Å²) < 4.78 is 0. The van der Waals surface area contributed by atoms with Crippen LogP contribution in [0.3, 0.4) is 0 Å². The minimum Gasteiger partial charge on any atom is -0.374 e. The van der Waals surface area contributed by atoms with Gasteiger partial charge in [-0.2, -0.15) is 0 Å². The van der Waals surface area contributed by atoms with E-state index in [0.717, 1.165) is 22.5 Å². The van der Waals surface area contributed by atoms with Crippen molar-refractivity contribution in [1.29, 1.82) is 0 Å². The Morgan fingerprint density at radius 2 is 1.86 bits per heavy atom. The lowest BCUT2D eigenvalue weighted by Gasteiger charge is -2.16. The normalized spacial score (nSPS) is 11.8. The number of halogens is 1. The summed E-state index contributed by atoms with van der Waals surface area (Å²) in [6, 6.07) is 13.0. The summed E-state index contributed by atoms with van der Waals surface area (Å²) >= 11 is 6.08. The SMILES string of the molecule is Cc1cccc(NC(=O)C(C)Nc2ccc(C)c(Cl)c2)c1. The summed E-state index contributed by atoms with van der Waals surface area (Å²) in [4.78, 5) is 12.2. The van der Waals surface area contributed by atoms with Crippen LogP contribution in [0, 0.1) is 13.8 Å². The van der Waals surface area contributed by atoms with E-state index in [0.29, 0.717) is 5.02 Å². The van der Waals surface area contributed by atoms with Gasteiger partial charge in [0.2, 0.25) is 5.91 Å². The first kappa shape index (κ1) is 15.4. The monoisotopic (exact) mass is 302 g/mol. The fourth-order valence-electron chi connectivity index (χ4n) is 1.97. The van der Waals surface area contributed by atoms with Crippen molar-refractivity contribution in [2.24, 2.45) is 0 Å². The van der Waals surface area contributed by atoms with Gasteiger partial charge in [0.05, 0.1) is 0 Å². The van der Waals surface area contributed by atoms with Crippen LogP contribution in [0.25, 0.3) is 0 Å². The molecule has 0 aliphatic heterocycles. The maximum absolute atomic E-state index is 12.2. The molecule has 0 aromatic heterocycles. The number of anilines is 2. The minimum absolute atomic E-state index is 0.0858. The number of hydrogen-bond donors (Lipinski definition) is 2. The van der Waals surface area contributed by atoms with Crippen molar-refractivity contribution < 1.29 is 4.79 Å². The van der Waals surface area contributed by atoms with Crippen LogP contribution in [-0.2, 0) is 4.79 Å². The van der Waals surface area contributed by atoms with Crippen molar-refractivity contribution in [3.8, 4) is 0 Å². The van der Waals surface area contributed by atoms with Crippen molar-refractivity contribution in [2.75, 3.05) is 10.6 Å². The highest BCUT2D eigenvalue weighted by atomic mass is 35.5. The van der Waals surface area contributed by atoms with Crippen LogP contribution in [0.1, 0.15) is 18.1 Å². The molecule has 0 saturated carbocycles. The number of rotatable bonds is 4. The van der Waals surface area contributed by atoms with Gasteiger partial charge in [-0.3, -0.25) is 4.79 Å². The van der Waals surface area contributed by atoms with Gasteiger partial charge in [-0.1, -0.05) is 29.8 Å². The van der Waals surface area contributed by atoms with E-state index in [-0.39, 0.29) is 11.9 Å². The predicted octanol–water partition coefficient (Wildman–Crippen LogP) is 4.40. The fourth-order valence-corrected chi connectivity index (χ4v) is 2.15. The Bertz CT molecular complexity index is 655. The first-order valence-corrected chi connectivity index (χ1v) is 7.24. The van der Waals surface area contributed by atoms with Crippen LogP contribution in [-0.4, -0.2) is 11.9 Å². The molecule has 1 atom stereocenters. The number of hydrogen-bond acceptors (Lipinski definition) is 2. The third kappa shape index (κ3) is 4.23. The van der Waals surface area contributed by atoms with Crippen LogP contribution in [0.5, 0.6) is 0 Å². The molecule has 4 heteroatoms. The summed E-state index contributed by atoms with van der Waals surface area (Å²) in [5.41, 5.74) is 3.76. The smallest absolute Gasteiger partial charge is 0.246 e. The number of aryl methyl sites for hydroxylation is 2. The van der Waals surface area contributed by atoms with Gasteiger partial charge in [0, 0.05) is 16.4 Å². The van der Waals surface area contributed by atoms with Crippen LogP contribution < -0.4 is 10.6 Å². The van der Waals surface area contributed by atoms with Crippen LogP contribution in [0.4, 0.5) is 11.4 Å². The van der Waals surface area contributed by atoms with Gasteiger partial charge >= 0.3 is 0 Å². The third-order valence-corrected chi connectivity index (χ3v) is 3.64. The van der Waals surface area contributed by atoms with Gasteiger partial charge in [-0.25, -0.2) is 0 Å². The van der Waals surface area contributed by atoms with E-state index >= 15 is 0 Å². The second kappa shape index (κ2) is 6.64. The maximum atomic E-state index is 12.2. The molecule has 3 nitrogen and oxygen atoms in total. The lowest BCUT2D eigenvalue weighted by atomic mass is 10.2. The van der Waals surface area contributed by atoms with E-state index in [9.17, 15) is 4.79 Å². The summed E-state index contributed by atoms with van der Waals surface area (Å²) in [6.07, 6.45) is 0. The molecule has 2 aromatic rings. The molecule has 1 amide bonds. The van der Waals surface area contributed by atoms with Crippen molar-refractivity contribution in [3.05, 3.63) is 58.6 Å². The molecule has 2 aromatic carbocycles. The molecule has 1 unspecified atom stereocenters. The minimum atomic E-state index is -0.357. The van der Waals surface area contributed by atoms with Crippen molar-refractivity contribution in [3.63, 3.8) is 0 Å². The zero-order chi connectivity index (χ0) is 15.4. The largest absolute Gasteiger partial charge is 0.374 e. The van der Waals surface area contributed by atoms with E-state index < -0.39 is 0 Å². The molecule has 0 spiro atoms. The molecule has 0 heterocycles. The molecular weight excluding hydrogens is 284 g/mol. The van der Waals surface area contributed by atoms with Gasteiger partial charge in [0.25, 0.3) is 0 Å². The van der Waals surface area contributed by atoms with Crippen molar-refractivity contribution in [1.82, 2.24) is 0 Å². The van der Waals surface area contributed by atoms with Crippen LogP contribution in [0.15, 0.2) is 42.5 Å². The third-order valence-electron chi connectivity index (χ3n) is 3.23. The number of benzene rings is 2. The molecule has 0 aliphatic rings. The van der Waals surface area contributed by atoms with Crippen LogP contribution >= 0.6 is 11.6 Å². The summed E-state index contributed by atoms with van der Waals surface area (Å²) in [5.74, 6) is -0.0858. The number of amides is 1. The Morgan fingerprint density at radius 1 is 1.10 bits per heavy atom. The molecular formula is C17H19ClN2O. The summed E-state index contributed by atoms with van der Waals surface area (Å²) in [5, 5.41) is 6.73. The molecule has 0 fully saturated rings. The maximum Gasteiger partial charge on any atom is 0.246 e. The Kier molecular flexibility index (Phi) is 4.86. The van der Waals surface area contributed by atoms with E-state index in [1.54, 1.807) is 0 Å². The van der Waals surface area contributed by atoms with Gasteiger partial charge in [-0.15, -0.1) is 0 Å². The second-order valence-electron chi connectivity index (χ2n) is 5.19. The molecule has 110 valence electrons. The zero-order valence-electron chi connectivity index (χ0n) is 12.4. The van der Waals surface area contributed by atoms with E-state index in [1.165, 1.54) is 0 Å². The number of carbonyl (C=O) groups excluding carboxylic acids is 1.